The molecule has 13 heteroatoms. The minimum absolute atomic E-state index is 0.0934. The third-order valence-electron chi connectivity index (χ3n) is 5.07. The normalized spacial score (nSPS) is 11.7. The van der Waals surface area contributed by atoms with Crippen LogP contribution in [0.4, 0.5) is 18.9 Å². The third-order valence-corrected chi connectivity index (χ3v) is 5.35. The van der Waals surface area contributed by atoms with Gasteiger partial charge in [-0.05, 0) is 30.5 Å². The van der Waals surface area contributed by atoms with E-state index in [0.717, 1.165) is 6.20 Å². The van der Waals surface area contributed by atoms with E-state index in [4.69, 9.17) is 11.6 Å². The molecule has 0 spiro atoms. The zero-order valence-electron chi connectivity index (χ0n) is 17.8. The van der Waals surface area contributed by atoms with Crippen LogP contribution in [0, 0.1) is 6.92 Å². The number of pyridine rings is 2. The van der Waals surface area contributed by atoms with E-state index in [2.05, 4.69) is 30.5 Å². The summed E-state index contributed by atoms with van der Waals surface area (Å²) in [5.41, 5.74) is -1.65. The maximum atomic E-state index is 14.1. The molecule has 0 aliphatic heterocycles. The molecule has 4 heterocycles. The van der Waals surface area contributed by atoms with Crippen LogP contribution in [-0.2, 0) is 6.18 Å². The Morgan fingerprint density at radius 2 is 1.94 bits per heavy atom. The van der Waals surface area contributed by atoms with Crippen LogP contribution in [0.2, 0.25) is 5.02 Å². The van der Waals surface area contributed by atoms with Crippen molar-refractivity contribution in [3.05, 3.63) is 83.6 Å². The van der Waals surface area contributed by atoms with Crippen LogP contribution >= 0.6 is 11.6 Å². The minimum Gasteiger partial charge on any atom is -0.320 e. The zero-order chi connectivity index (χ0) is 24.7. The molecule has 0 saturated heterocycles. The number of carbonyl (C=O) groups is 1. The number of halogens is 4. The Balaban J connectivity index is 1.51. The first-order chi connectivity index (χ1) is 16.7. The number of anilines is 1. The lowest BCUT2D eigenvalue weighted by molar-refractivity contribution is -0.143. The molecule has 0 aliphatic carbocycles. The van der Waals surface area contributed by atoms with Crippen molar-refractivity contribution >= 4 is 34.0 Å². The lowest BCUT2D eigenvalue weighted by Crippen LogP contribution is -2.21. The van der Waals surface area contributed by atoms with Crippen LogP contribution in [0.3, 0.4) is 0 Å². The number of amides is 1. The Hall–Kier alpha value is -4.32. The zero-order valence-corrected chi connectivity index (χ0v) is 18.6. The van der Waals surface area contributed by atoms with Gasteiger partial charge in [0.1, 0.15) is 12.2 Å². The van der Waals surface area contributed by atoms with E-state index in [-0.39, 0.29) is 22.2 Å². The fourth-order valence-electron chi connectivity index (χ4n) is 3.57. The Kier molecular flexibility index (Phi) is 5.44. The van der Waals surface area contributed by atoms with Gasteiger partial charge in [-0.3, -0.25) is 9.78 Å². The van der Waals surface area contributed by atoms with Crippen LogP contribution in [0.25, 0.3) is 22.3 Å². The van der Waals surface area contributed by atoms with Crippen LogP contribution in [-0.4, -0.2) is 40.4 Å². The molecule has 0 fully saturated rings. The molecule has 1 aromatic carbocycles. The van der Waals surface area contributed by atoms with E-state index in [9.17, 15) is 18.0 Å². The summed E-state index contributed by atoms with van der Waals surface area (Å²) >= 11 is 6.24. The summed E-state index contributed by atoms with van der Waals surface area (Å²) in [6.45, 7) is 1.69. The second-order valence-electron chi connectivity index (χ2n) is 7.41. The maximum Gasteiger partial charge on any atom is 0.434 e. The summed E-state index contributed by atoms with van der Waals surface area (Å²) in [4.78, 5) is 25.0. The van der Waals surface area contributed by atoms with Crippen molar-refractivity contribution in [3.63, 3.8) is 0 Å². The van der Waals surface area contributed by atoms with Crippen LogP contribution < -0.4 is 5.32 Å². The molecule has 1 amide bonds. The summed E-state index contributed by atoms with van der Waals surface area (Å²) in [5.74, 6) is -0.276. The van der Waals surface area contributed by atoms with Gasteiger partial charge >= 0.3 is 6.18 Å². The summed E-state index contributed by atoms with van der Waals surface area (Å²) in [7, 11) is 0. The molecular formula is C22H14ClF3N8O. The maximum absolute atomic E-state index is 14.1. The highest BCUT2D eigenvalue weighted by atomic mass is 35.5. The van der Waals surface area contributed by atoms with Gasteiger partial charge in [0.25, 0.3) is 5.91 Å². The quantitative estimate of drug-likeness (QED) is 0.387. The molecule has 5 rings (SSSR count). The van der Waals surface area contributed by atoms with Gasteiger partial charge in [-0.1, -0.05) is 23.7 Å². The second-order valence-corrected chi connectivity index (χ2v) is 7.82. The van der Waals surface area contributed by atoms with Crippen LogP contribution in [0.1, 0.15) is 21.9 Å². The highest BCUT2D eigenvalue weighted by molar-refractivity contribution is 6.32. The predicted octanol–water partition coefficient (Wildman–Crippen LogP) is 4.63. The lowest BCUT2D eigenvalue weighted by atomic mass is 10.1. The minimum atomic E-state index is -4.88. The first-order valence-corrected chi connectivity index (χ1v) is 10.4. The van der Waals surface area contributed by atoms with Gasteiger partial charge < -0.3 is 5.32 Å². The topological polar surface area (TPSA) is 103 Å². The number of carbonyl (C=O) groups excluding carboxylic acids is 1. The van der Waals surface area contributed by atoms with Gasteiger partial charge in [0.05, 0.1) is 34.4 Å². The molecule has 9 nitrogen and oxygen atoms in total. The predicted molar refractivity (Wildman–Crippen MR) is 121 cm³/mol. The van der Waals surface area contributed by atoms with E-state index in [1.807, 2.05) is 0 Å². The second kappa shape index (κ2) is 8.47. The third kappa shape index (κ3) is 4.19. The molecule has 176 valence electrons. The summed E-state index contributed by atoms with van der Waals surface area (Å²) in [5, 5.41) is 11.6. The smallest absolute Gasteiger partial charge is 0.320 e. The number of hydrogen-bond donors (Lipinski definition) is 1. The van der Waals surface area contributed by atoms with Crippen molar-refractivity contribution < 1.29 is 18.0 Å². The van der Waals surface area contributed by atoms with Crippen molar-refractivity contribution in [1.82, 2.24) is 34.5 Å². The molecule has 4 aromatic heterocycles. The number of hydrogen-bond acceptors (Lipinski definition) is 6. The molecule has 1 N–H and O–H groups in total. The Labute approximate surface area is 200 Å². The first kappa shape index (κ1) is 22.5. The molecule has 5 aromatic rings. The van der Waals surface area contributed by atoms with Crippen molar-refractivity contribution in [2.45, 2.75) is 13.1 Å². The molecule has 35 heavy (non-hydrogen) atoms. The number of nitrogens with one attached hydrogen (secondary N) is 1. The Morgan fingerprint density at radius 3 is 2.66 bits per heavy atom. The number of benzene rings is 1. The van der Waals surface area contributed by atoms with Crippen LogP contribution in [0.15, 0.2) is 61.4 Å². The van der Waals surface area contributed by atoms with E-state index < -0.39 is 23.3 Å². The Bertz CT molecular complexity index is 1570. The van der Waals surface area contributed by atoms with E-state index in [0.29, 0.717) is 21.3 Å². The van der Waals surface area contributed by atoms with E-state index in [1.54, 1.807) is 25.1 Å². The molecule has 0 atom stereocenters. The van der Waals surface area contributed by atoms with Crippen molar-refractivity contribution in [3.8, 4) is 11.5 Å². The first-order valence-electron chi connectivity index (χ1n) is 10.1. The SMILES string of the molecule is Cc1ncn(-c2ncc(NC(=O)c3cnn(-c4cccc5ccncc45)c3C(F)(F)F)cc2Cl)n1. The summed E-state index contributed by atoms with van der Waals surface area (Å²) in [6.07, 6.45) is 1.64. The lowest BCUT2D eigenvalue weighted by Gasteiger charge is -2.14. The van der Waals surface area contributed by atoms with Gasteiger partial charge in [0.2, 0.25) is 0 Å². The summed E-state index contributed by atoms with van der Waals surface area (Å²) in [6, 6.07) is 7.84. The van der Waals surface area contributed by atoms with Gasteiger partial charge in [0.15, 0.2) is 11.5 Å². The fourth-order valence-corrected chi connectivity index (χ4v) is 3.82. The molecular weight excluding hydrogens is 485 g/mol. The number of aryl methyl sites for hydroxylation is 1. The molecule has 0 radical (unpaired) electrons. The Morgan fingerprint density at radius 1 is 1.11 bits per heavy atom. The monoisotopic (exact) mass is 498 g/mol. The molecule has 0 aliphatic rings. The molecule has 0 saturated carbocycles. The molecule has 0 bridgehead atoms. The summed E-state index contributed by atoms with van der Waals surface area (Å²) < 4.78 is 44.4. The van der Waals surface area contributed by atoms with Crippen molar-refractivity contribution in [2.24, 2.45) is 0 Å². The number of aromatic nitrogens is 7. The highest BCUT2D eigenvalue weighted by Crippen LogP contribution is 2.35. The number of rotatable bonds is 4. The average Bonchev–Trinajstić information content (AvgIpc) is 3.45. The van der Waals surface area contributed by atoms with Crippen molar-refractivity contribution in [1.29, 1.82) is 0 Å². The van der Waals surface area contributed by atoms with Crippen LogP contribution in [0.5, 0.6) is 0 Å². The number of alkyl halides is 3. The van der Waals surface area contributed by atoms with Gasteiger partial charge in [-0.25, -0.2) is 19.3 Å². The number of fused-ring (bicyclic) bond motifs is 1. The highest BCUT2D eigenvalue weighted by Gasteiger charge is 2.41. The van der Waals surface area contributed by atoms with Crippen molar-refractivity contribution in [2.75, 3.05) is 5.32 Å². The standard InChI is InChI=1S/C22H14ClF3N8O/c1-12-29-11-33(32-12)20-17(23)7-14(8-28-20)31-21(35)16-10-30-34(19(16)22(24,25)26)18-4-2-3-13-5-6-27-9-15(13)18/h2-11H,1H3,(H,31,35). The number of nitrogens with zero attached hydrogens (tertiary/aromatic N) is 7. The largest absolute Gasteiger partial charge is 0.434 e. The van der Waals surface area contributed by atoms with Gasteiger partial charge in [-0.15, -0.1) is 0 Å². The average molecular weight is 499 g/mol. The molecule has 0 unspecified atom stereocenters. The van der Waals surface area contributed by atoms with Gasteiger partial charge in [-0.2, -0.15) is 23.4 Å². The van der Waals surface area contributed by atoms with Gasteiger partial charge in [0, 0.05) is 17.8 Å². The van der Waals surface area contributed by atoms with E-state index >= 15 is 0 Å². The fraction of sp³-hybridized carbons (Fsp3) is 0.0909. The van der Waals surface area contributed by atoms with E-state index in [1.165, 1.54) is 41.7 Å².